The first-order valence-electron chi connectivity index (χ1n) is 5.78. The average molecular weight is 219 g/mol. The van der Waals surface area contributed by atoms with Crippen LogP contribution in [0.15, 0.2) is 18.2 Å². The fourth-order valence-electron chi connectivity index (χ4n) is 2.28. The summed E-state index contributed by atoms with van der Waals surface area (Å²) in [6, 6.07) is 5.60. The van der Waals surface area contributed by atoms with E-state index in [0.717, 1.165) is 42.6 Å². The van der Waals surface area contributed by atoms with E-state index in [1.807, 2.05) is 23.1 Å². The molecule has 0 unspecified atom stereocenters. The number of rotatable bonds is 3. The summed E-state index contributed by atoms with van der Waals surface area (Å²) in [5.41, 5.74) is 2.69. The molecule has 0 saturated heterocycles. The van der Waals surface area contributed by atoms with E-state index in [4.69, 9.17) is 0 Å². The Kier molecular flexibility index (Phi) is 3.25. The van der Waals surface area contributed by atoms with E-state index in [1.54, 1.807) is 0 Å². The molecule has 0 bridgehead atoms. The Balaban J connectivity index is 2.35. The molecule has 1 aliphatic heterocycles. The number of carbonyl (C=O) groups is 1. The van der Waals surface area contributed by atoms with Crippen molar-refractivity contribution < 1.29 is 9.90 Å². The number of nitrogens with zero attached hydrogens (tertiary/aromatic N) is 1. The van der Waals surface area contributed by atoms with Gasteiger partial charge in [0.25, 0.3) is 5.91 Å². The number of carbonyl (C=O) groups excluding carboxylic acids is 1. The quantitative estimate of drug-likeness (QED) is 0.838. The lowest BCUT2D eigenvalue weighted by Crippen LogP contribution is -2.38. The maximum absolute atomic E-state index is 12.1. The molecule has 1 aromatic carbocycles. The van der Waals surface area contributed by atoms with Gasteiger partial charge in [-0.1, -0.05) is 19.1 Å². The van der Waals surface area contributed by atoms with Gasteiger partial charge in [-0.2, -0.15) is 0 Å². The van der Waals surface area contributed by atoms with Crippen LogP contribution in [-0.2, 0) is 13.0 Å². The summed E-state index contributed by atoms with van der Waals surface area (Å²) in [4.78, 5) is 14.0. The zero-order valence-electron chi connectivity index (χ0n) is 9.57. The van der Waals surface area contributed by atoms with Gasteiger partial charge in [-0.05, 0) is 30.0 Å². The van der Waals surface area contributed by atoms with Crippen LogP contribution in [0.5, 0.6) is 0 Å². The first-order valence-corrected chi connectivity index (χ1v) is 5.78. The van der Waals surface area contributed by atoms with Crippen molar-refractivity contribution in [3.8, 4) is 0 Å². The fraction of sp³-hybridized carbons (Fsp3) is 0.462. The number of hydrogen-bond acceptors (Lipinski definition) is 2. The molecular weight excluding hydrogens is 202 g/mol. The molecule has 1 N–H and O–H groups in total. The molecule has 0 aliphatic carbocycles. The average Bonchev–Trinajstić information content (AvgIpc) is 2.32. The highest BCUT2D eigenvalue weighted by Crippen LogP contribution is 2.22. The molecule has 0 atom stereocenters. The molecular formula is C13H17NO2. The van der Waals surface area contributed by atoms with Crippen molar-refractivity contribution in [3.05, 3.63) is 34.9 Å². The summed E-state index contributed by atoms with van der Waals surface area (Å²) in [6.45, 7) is 3.69. The third kappa shape index (κ3) is 1.83. The summed E-state index contributed by atoms with van der Waals surface area (Å²) in [5.74, 6) is 0.110. The lowest BCUT2D eigenvalue weighted by atomic mass is 9.94. The van der Waals surface area contributed by atoms with Gasteiger partial charge in [0.2, 0.25) is 0 Å². The van der Waals surface area contributed by atoms with E-state index in [2.05, 4.69) is 6.92 Å². The van der Waals surface area contributed by atoms with Crippen molar-refractivity contribution in [2.75, 3.05) is 13.1 Å². The maximum atomic E-state index is 12.1. The Labute approximate surface area is 95.7 Å². The van der Waals surface area contributed by atoms with Gasteiger partial charge >= 0.3 is 0 Å². The monoisotopic (exact) mass is 219 g/mol. The molecule has 0 fully saturated rings. The minimum atomic E-state index is 0.0181. The van der Waals surface area contributed by atoms with E-state index < -0.39 is 0 Å². The summed E-state index contributed by atoms with van der Waals surface area (Å²) >= 11 is 0. The second-order valence-electron chi connectivity index (χ2n) is 4.14. The molecule has 16 heavy (non-hydrogen) atoms. The zero-order valence-corrected chi connectivity index (χ0v) is 9.57. The molecule has 3 heteroatoms. The molecule has 1 aromatic rings. The van der Waals surface area contributed by atoms with Crippen LogP contribution in [0.25, 0.3) is 0 Å². The van der Waals surface area contributed by atoms with Crippen LogP contribution < -0.4 is 0 Å². The SMILES string of the molecule is CCCN1CCc2c(CO)cccc2C1=O. The normalized spacial score (nSPS) is 15.1. The number of aliphatic hydroxyl groups excluding tert-OH is 1. The van der Waals surface area contributed by atoms with Gasteiger partial charge in [0.05, 0.1) is 6.61 Å². The smallest absolute Gasteiger partial charge is 0.254 e. The summed E-state index contributed by atoms with van der Waals surface area (Å²) in [6.07, 6.45) is 1.85. The van der Waals surface area contributed by atoms with Crippen molar-refractivity contribution >= 4 is 5.91 Å². The third-order valence-electron chi connectivity index (χ3n) is 3.09. The standard InChI is InChI=1S/C13H17NO2/c1-2-7-14-8-6-11-10(9-15)4-3-5-12(11)13(14)16/h3-5,15H,2,6-9H2,1H3. The Bertz CT molecular complexity index is 401. The summed E-state index contributed by atoms with van der Waals surface area (Å²) in [7, 11) is 0. The molecule has 0 saturated carbocycles. The summed E-state index contributed by atoms with van der Waals surface area (Å²) in [5, 5.41) is 9.22. The number of fused-ring (bicyclic) bond motifs is 1. The van der Waals surface area contributed by atoms with Crippen LogP contribution in [0.4, 0.5) is 0 Å². The van der Waals surface area contributed by atoms with Gasteiger partial charge in [0.1, 0.15) is 0 Å². The summed E-state index contributed by atoms with van der Waals surface area (Å²) < 4.78 is 0. The van der Waals surface area contributed by atoms with Crippen LogP contribution in [0.3, 0.4) is 0 Å². The molecule has 3 nitrogen and oxygen atoms in total. The van der Waals surface area contributed by atoms with Crippen LogP contribution >= 0.6 is 0 Å². The number of hydrogen-bond donors (Lipinski definition) is 1. The first kappa shape index (κ1) is 11.1. The number of benzene rings is 1. The number of amides is 1. The molecule has 2 rings (SSSR count). The molecule has 1 aliphatic rings. The van der Waals surface area contributed by atoms with Gasteiger partial charge in [0.15, 0.2) is 0 Å². The Morgan fingerprint density at radius 3 is 2.94 bits per heavy atom. The largest absolute Gasteiger partial charge is 0.392 e. The fourth-order valence-corrected chi connectivity index (χ4v) is 2.28. The third-order valence-corrected chi connectivity index (χ3v) is 3.09. The maximum Gasteiger partial charge on any atom is 0.254 e. The van der Waals surface area contributed by atoms with Crippen molar-refractivity contribution in [3.63, 3.8) is 0 Å². The topological polar surface area (TPSA) is 40.5 Å². The van der Waals surface area contributed by atoms with Gasteiger partial charge in [-0.25, -0.2) is 0 Å². The van der Waals surface area contributed by atoms with E-state index in [9.17, 15) is 9.90 Å². The second-order valence-corrected chi connectivity index (χ2v) is 4.14. The molecule has 0 aromatic heterocycles. The van der Waals surface area contributed by atoms with Gasteiger partial charge < -0.3 is 10.0 Å². The lowest BCUT2D eigenvalue weighted by molar-refractivity contribution is 0.0739. The molecule has 0 radical (unpaired) electrons. The van der Waals surface area contributed by atoms with Crippen molar-refractivity contribution in [1.82, 2.24) is 4.90 Å². The zero-order chi connectivity index (χ0) is 11.5. The van der Waals surface area contributed by atoms with E-state index in [1.165, 1.54) is 0 Å². The molecule has 1 heterocycles. The highest BCUT2D eigenvalue weighted by Gasteiger charge is 2.24. The highest BCUT2D eigenvalue weighted by molar-refractivity contribution is 5.97. The second kappa shape index (κ2) is 4.66. The van der Waals surface area contributed by atoms with Crippen LogP contribution in [0.2, 0.25) is 0 Å². The lowest BCUT2D eigenvalue weighted by Gasteiger charge is -2.29. The van der Waals surface area contributed by atoms with Gasteiger partial charge in [-0.15, -0.1) is 0 Å². The van der Waals surface area contributed by atoms with Crippen LogP contribution in [0.1, 0.15) is 34.8 Å². The molecule has 1 amide bonds. The predicted molar refractivity (Wildman–Crippen MR) is 62.3 cm³/mol. The number of aliphatic hydroxyl groups is 1. The first-order chi connectivity index (χ1) is 7.77. The Hall–Kier alpha value is -1.35. The van der Waals surface area contributed by atoms with Crippen LogP contribution in [-0.4, -0.2) is 29.0 Å². The van der Waals surface area contributed by atoms with Gasteiger partial charge in [-0.3, -0.25) is 4.79 Å². The van der Waals surface area contributed by atoms with Crippen LogP contribution in [0, 0.1) is 0 Å². The van der Waals surface area contributed by atoms with Crippen molar-refractivity contribution in [1.29, 1.82) is 0 Å². The van der Waals surface area contributed by atoms with E-state index >= 15 is 0 Å². The van der Waals surface area contributed by atoms with Gasteiger partial charge in [0, 0.05) is 18.7 Å². The van der Waals surface area contributed by atoms with Crippen molar-refractivity contribution in [2.24, 2.45) is 0 Å². The highest BCUT2D eigenvalue weighted by atomic mass is 16.3. The Morgan fingerprint density at radius 2 is 2.25 bits per heavy atom. The minimum Gasteiger partial charge on any atom is -0.392 e. The molecule has 0 spiro atoms. The van der Waals surface area contributed by atoms with Crippen molar-refractivity contribution in [2.45, 2.75) is 26.4 Å². The predicted octanol–water partition coefficient (Wildman–Crippen LogP) is 1.59. The molecule has 86 valence electrons. The minimum absolute atomic E-state index is 0.0181. The van der Waals surface area contributed by atoms with E-state index in [-0.39, 0.29) is 12.5 Å². The van der Waals surface area contributed by atoms with E-state index in [0.29, 0.717) is 0 Å². The Morgan fingerprint density at radius 1 is 1.44 bits per heavy atom.